The van der Waals surface area contributed by atoms with Gasteiger partial charge in [-0.3, -0.25) is 15.1 Å². The zero-order chi connectivity index (χ0) is 24.9. The van der Waals surface area contributed by atoms with E-state index in [0.717, 1.165) is 11.8 Å². The highest BCUT2D eigenvalue weighted by Crippen LogP contribution is 2.43. The van der Waals surface area contributed by atoms with Gasteiger partial charge in [0.1, 0.15) is 5.75 Å². The van der Waals surface area contributed by atoms with E-state index < -0.39 is 22.4 Å². The fraction of sp³-hybridized carbons (Fsp3) is 0.174. The third kappa shape index (κ3) is 6.04. The molecule has 3 rings (SSSR count). The first kappa shape index (κ1) is 25.0. The predicted molar refractivity (Wildman–Crippen MR) is 124 cm³/mol. The fourth-order valence-electron chi connectivity index (χ4n) is 2.89. The van der Waals surface area contributed by atoms with Crippen LogP contribution in [0.25, 0.3) is 0 Å². The van der Waals surface area contributed by atoms with Gasteiger partial charge in [0.25, 0.3) is 0 Å². The maximum atomic E-state index is 13.0. The molecule has 34 heavy (non-hydrogen) atoms. The van der Waals surface area contributed by atoms with E-state index in [1.54, 1.807) is 42.6 Å². The average Bonchev–Trinajstić information content (AvgIpc) is 2.79. The van der Waals surface area contributed by atoms with Gasteiger partial charge in [0.2, 0.25) is 5.75 Å². The van der Waals surface area contributed by atoms with Crippen LogP contribution in [0.3, 0.4) is 0 Å². The summed E-state index contributed by atoms with van der Waals surface area (Å²) in [5, 5.41) is 11.4. The lowest BCUT2D eigenvalue weighted by atomic mass is 10.1. The van der Waals surface area contributed by atoms with Crippen LogP contribution in [0, 0.1) is 10.1 Å². The number of aliphatic imine (C=N–C) groups is 1. The van der Waals surface area contributed by atoms with E-state index in [1.807, 2.05) is 6.92 Å². The number of alkyl halides is 3. The standard InChI is InChI=1S/C23H18BrF3N2O5/c1-3-33-17-7-5-16(6-8-17)28-13-14-10-18(24)22(21(11-14)32-2)34-20-9-4-15(23(25,26)27)12-19(20)29(30)31/h4-13H,3H2,1-2H3. The highest BCUT2D eigenvalue weighted by atomic mass is 79.9. The summed E-state index contributed by atoms with van der Waals surface area (Å²) < 4.78 is 55.6. The van der Waals surface area contributed by atoms with Crippen molar-refractivity contribution in [3.05, 3.63) is 80.3 Å². The van der Waals surface area contributed by atoms with Crippen LogP contribution in [-0.4, -0.2) is 24.9 Å². The molecule has 0 heterocycles. The Morgan fingerprint density at radius 2 is 1.79 bits per heavy atom. The van der Waals surface area contributed by atoms with Crippen LogP contribution < -0.4 is 14.2 Å². The zero-order valence-corrected chi connectivity index (χ0v) is 19.5. The molecule has 0 N–H and O–H groups in total. The van der Waals surface area contributed by atoms with Gasteiger partial charge in [-0.1, -0.05) is 0 Å². The van der Waals surface area contributed by atoms with Gasteiger partial charge < -0.3 is 14.2 Å². The summed E-state index contributed by atoms with van der Waals surface area (Å²) in [5.74, 6) is 0.609. The lowest BCUT2D eigenvalue weighted by Crippen LogP contribution is -2.06. The predicted octanol–water partition coefficient (Wildman–Crippen LogP) is 7.33. The van der Waals surface area contributed by atoms with Crippen LogP contribution in [0.1, 0.15) is 18.1 Å². The molecule has 7 nitrogen and oxygen atoms in total. The second kappa shape index (κ2) is 10.6. The van der Waals surface area contributed by atoms with Crippen molar-refractivity contribution in [1.29, 1.82) is 0 Å². The van der Waals surface area contributed by atoms with Gasteiger partial charge >= 0.3 is 11.9 Å². The summed E-state index contributed by atoms with van der Waals surface area (Å²) in [7, 11) is 1.36. The number of nitro benzene ring substituents is 1. The molecule has 0 aromatic heterocycles. The first-order valence-corrected chi connectivity index (χ1v) is 10.6. The minimum Gasteiger partial charge on any atom is -0.494 e. The lowest BCUT2D eigenvalue weighted by molar-refractivity contribution is -0.385. The van der Waals surface area contributed by atoms with Gasteiger partial charge in [0.05, 0.1) is 34.4 Å². The minimum absolute atomic E-state index is 0.0589. The van der Waals surface area contributed by atoms with Crippen molar-refractivity contribution in [1.82, 2.24) is 0 Å². The molecule has 178 valence electrons. The Balaban J connectivity index is 1.90. The number of ether oxygens (including phenoxy) is 3. The van der Waals surface area contributed by atoms with Crippen molar-refractivity contribution >= 4 is 33.5 Å². The molecule has 0 saturated heterocycles. The van der Waals surface area contributed by atoms with Crippen molar-refractivity contribution in [3.63, 3.8) is 0 Å². The van der Waals surface area contributed by atoms with Gasteiger partial charge in [-0.05, 0) is 76.9 Å². The molecular formula is C23H18BrF3N2O5. The van der Waals surface area contributed by atoms with E-state index in [0.29, 0.717) is 34.5 Å². The smallest absolute Gasteiger partial charge is 0.416 e. The first-order valence-electron chi connectivity index (χ1n) is 9.80. The topological polar surface area (TPSA) is 83.2 Å². The van der Waals surface area contributed by atoms with Crippen molar-refractivity contribution in [2.45, 2.75) is 13.1 Å². The van der Waals surface area contributed by atoms with E-state index in [9.17, 15) is 23.3 Å². The fourth-order valence-corrected chi connectivity index (χ4v) is 3.43. The SMILES string of the molecule is CCOc1ccc(N=Cc2cc(Br)c(Oc3ccc(C(F)(F)F)cc3[N+](=O)[O-])c(OC)c2)cc1. The van der Waals surface area contributed by atoms with Crippen molar-refractivity contribution in [2.24, 2.45) is 4.99 Å². The summed E-state index contributed by atoms with van der Waals surface area (Å²) in [4.78, 5) is 14.8. The minimum atomic E-state index is -4.73. The quantitative estimate of drug-likeness (QED) is 0.170. The molecule has 11 heteroatoms. The van der Waals surface area contributed by atoms with Gasteiger partial charge in [-0.15, -0.1) is 0 Å². The number of rotatable bonds is 8. The number of hydrogen-bond donors (Lipinski definition) is 0. The molecule has 0 bridgehead atoms. The zero-order valence-electron chi connectivity index (χ0n) is 17.9. The molecule has 0 radical (unpaired) electrons. The molecular weight excluding hydrogens is 521 g/mol. The van der Waals surface area contributed by atoms with Crippen LogP contribution in [0.5, 0.6) is 23.0 Å². The summed E-state index contributed by atoms with van der Waals surface area (Å²) in [6.07, 6.45) is -3.15. The Labute approximate surface area is 201 Å². The van der Waals surface area contributed by atoms with Crippen LogP contribution in [0.4, 0.5) is 24.5 Å². The summed E-state index contributed by atoms with van der Waals surface area (Å²) in [5.41, 5.74) is -0.686. The molecule has 0 aliphatic rings. The van der Waals surface area contributed by atoms with E-state index in [2.05, 4.69) is 20.9 Å². The second-order valence-electron chi connectivity index (χ2n) is 6.76. The highest BCUT2D eigenvalue weighted by Gasteiger charge is 2.33. The summed E-state index contributed by atoms with van der Waals surface area (Å²) in [6, 6.07) is 12.4. The Morgan fingerprint density at radius 1 is 1.09 bits per heavy atom. The molecule has 0 amide bonds. The van der Waals surface area contributed by atoms with E-state index in [-0.39, 0.29) is 17.2 Å². The van der Waals surface area contributed by atoms with E-state index >= 15 is 0 Å². The van der Waals surface area contributed by atoms with Crippen molar-refractivity contribution < 1.29 is 32.3 Å². The molecule has 0 fully saturated rings. The van der Waals surface area contributed by atoms with Gasteiger partial charge in [0, 0.05) is 12.3 Å². The summed E-state index contributed by atoms with van der Waals surface area (Å²) >= 11 is 3.32. The molecule has 3 aromatic rings. The normalized spacial score (nSPS) is 11.5. The van der Waals surface area contributed by atoms with Crippen LogP contribution in [0.15, 0.2) is 64.1 Å². The molecule has 0 unspecified atom stereocenters. The number of benzene rings is 3. The largest absolute Gasteiger partial charge is 0.494 e. The number of nitrogens with zero attached hydrogens (tertiary/aromatic N) is 2. The Bertz CT molecular complexity index is 1210. The Hall–Kier alpha value is -3.60. The van der Waals surface area contributed by atoms with Gasteiger partial charge in [-0.2, -0.15) is 13.2 Å². The third-order valence-electron chi connectivity index (χ3n) is 4.46. The van der Waals surface area contributed by atoms with Gasteiger partial charge in [-0.25, -0.2) is 0 Å². The maximum Gasteiger partial charge on any atom is 0.416 e. The number of nitro groups is 1. The molecule has 0 atom stereocenters. The van der Waals surface area contributed by atoms with E-state index in [1.165, 1.54) is 7.11 Å². The number of methoxy groups -OCH3 is 1. The average molecular weight is 539 g/mol. The lowest BCUT2D eigenvalue weighted by Gasteiger charge is -2.14. The molecule has 0 aliphatic heterocycles. The Morgan fingerprint density at radius 3 is 2.38 bits per heavy atom. The third-order valence-corrected chi connectivity index (χ3v) is 5.05. The monoisotopic (exact) mass is 538 g/mol. The van der Waals surface area contributed by atoms with Crippen molar-refractivity contribution in [2.75, 3.05) is 13.7 Å². The van der Waals surface area contributed by atoms with Gasteiger partial charge in [0.15, 0.2) is 11.5 Å². The molecule has 0 saturated carbocycles. The van der Waals surface area contributed by atoms with Crippen LogP contribution in [-0.2, 0) is 6.18 Å². The Kier molecular flexibility index (Phi) is 7.77. The van der Waals surface area contributed by atoms with Crippen LogP contribution in [0.2, 0.25) is 0 Å². The maximum absolute atomic E-state index is 13.0. The molecule has 0 aliphatic carbocycles. The molecule has 3 aromatic carbocycles. The molecule has 0 spiro atoms. The second-order valence-corrected chi connectivity index (χ2v) is 7.61. The highest BCUT2D eigenvalue weighted by molar-refractivity contribution is 9.10. The number of hydrogen-bond acceptors (Lipinski definition) is 6. The number of halogens is 4. The summed E-state index contributed by atoms with van der Waals surface area (Å²) in [6.45, 7) is 2.45. The van der Waals surface area contributed by atoms with Crippen molar-refractivity contribution in [3.8, 4) is 23.0 Å². The van der Waals surface area contributed by atoms with Crippen LogP contribution >= 0.6 is 15.9 Å². The first-order chi connectivity index (χ1) is 16.1. The van der Waals surface area contributed by atoms with E-state index in [4.69, 9.17) is 14.2 Å².